The van der Waals surface area contributed by atoms with Crippen LogP contribution in [0.25, 0.3) is 0 Å². The molecule has 2 atom stereocenters. The van der Waals surface area contributed by atoms with Gasteiger partial charge in [0.15, 0.2) is 0 Å². The molecule has 0 aliphatic heterocycles. The molecule has 0 saturated heterocycles. The van der Waals surface area contributed by atoms with Crippen molar-refractivity contribution in [1.82, 2.24) is 10.2 Å². The number of hydrogen-bond donors (Lipinski definition) is 1. The van der Waals surface area contributed by atoms with Gasteiger partial charge in [0.1, 0.15) is 0 Å². The van der Waals surface area contributed by atoms with Gasteiger partial charge < -0.3 is 5.32 Å². The fraction of sp³-hybridized carbons (Fsp3) is 0.667. The minimum absolute atomic E-state index is 0.376. The first-order valence-corrected chi connectivity index (χ1v) is 8.51. The maximum absolute atomic E-state index is 6.12. The van der Waals surface area contributed by atoms with Crippen LogP contribution < -0.4 is 5.32 Å². The normalized spacial score (nSPS) is 14.7. The van der Waals surface area contributed by atoms with E-state index in [0.717, 1.165) is 18.1 Å². The summed E-state index contributed by atoms with van der Waals surface area (Å²) < 4.78 is 0. The van der Waals surface area contributed by atoms with Gasteiger partial charge in [-0.1, -0.05) is 50.9 Å². The van der Waals surface area contributed by atoms with Crippen LogP contribution in [0.15, 0.2) is 24.3 Å². The van der Waals surface area contributed by atoms with Gasteiger partial charge in [0.2, 0.25) is 0 Å². The minimum Gasteiger partial charge on any atom is -0.315 e. The van der Waals surface area contributed by atoms with Crippen molar-refractivity contribution < 1.29 is 0 Å². The predicted octanol–water partition coefficient (Wildman–Crippen LogP) is 4.75. The Kier molecular flexibility index (Phi) is 8.31. The second kappa shape index (κ2) is 9.45. The molecule has 1 aromatic carbocycles. The SMILES string of the molecule is CCCC(CNCC(C)C)N(C)C(C)c1cccc(Cl)c1. The Hall–Kier alpha value is -0.570. The van der Waals surface area contributed by atoms with Gasteiger partial charge >= 0.3 is 0 Å². The van der Waals surface area contributed by atoms with Gasteiger partial charge in [-0.3, -0.25) is 4.90 Å². The molecule has 3 heteroatoms. The number of nitrogens with zero attached hydrogens (tertiary/aromatic N) is 1. The largest absolute Gasteiger partial charge is 0.315 e. The summed E-state index contributed by atoms with van der Waals surface area (Å²) in [5, 5.41) is 4.42. The van der Waals surface area contributed by atoms with Gasteiger partial charge in [-0.2, -0.15) is 0 Å². The van der Waals surface area contributed by atoms with Gasteiger partial charge in [-0.25, -0.2) is 0 Å². The summed E-state index contributed by atoms with van der Waals surface area (Å²) in [5.41, 5.74) is 1.29. The van der Waals surface area contributed by atoms with E-state index in [0.29, 0.717) is 18.0 Å². The zero-order chi connectivity index (χ0) is 15.8. The molecule has 1 rings (SSSR count). The van der Waals surface area contributed by atoms with Crippen LogP contribution in [0.4, 0.5) is 0 Å². The first-order chi connectivity index (χ1) is 9.95. The molecular weight excluding hydrogens is 280 g/mol. The maximum Gasteiger partial charge on any atom is 0.0409 e. The second-order valence-electron chi connectivity index (χ2n) is 6.39. The summed E-state index contributed by atoms with van der Waals surface area (Å²) in [5.74, 6) is 0.697. The highest BCUT2D eigenvalue weighted by atomic mass is 35.5. The monoisotopic (exact) mass is 310 g/mol. The van der Waals surface area contributed by atoms with E-state index in [9.17, 15) is 0 Å². The van der Waals surface area contributed by atoms with E-state index < -0.39 is 0 Å². The molecule has 1 aromatic rings. The Morgan fingerprint density at radius 2 is 1.90 bits per heavy atom. The molecule has 0 aliphatic carbocycles. The molecule has 0 heterocycles. The highest BCUT2D eigenvalue weighted by molar-refractivity contribution is 6.30. The maximum atomic E-state index is 6.12. The fourth-order valence-corrected chi connectivity index (χ4v) is 2.84. The lowest BCUT2D eigenvalue weighted by Crippen LogP contribution is -2.42. The molecule has 0 aromatic heterocycles. The van der Waals surface area contributed by atoms with Crippen molar-refractivity contribution in [2.45, 2.75) is 52.6 Å². The molecular formula is C18H31ClN2. The Morgan fingerprint density at radius 3 is 2.48 bits per heavy atom. The van der Waals surface area contributed by atoms with E-state index in [1.807, 2.05) is 12.1 Å². The lowest BCUT2D eigenvalue weighted by molar-refractivity contribution is 0.170. The van der Waals surface area contributed by atoms with Crippen LogP contribution in [-0.2, 0) is 0 Å². The van der Waals surface area contributed by atoms with Crippen molar-refractivity contribution in [2.75, 3.05) is 20.1 Å². The van der Waals surface area contributed by atoms with E-state index in [-0.39, 0.29) is 0 Å². The Bertz CT molecular complexity index is 406. The van der Waals surface area contributed by atoms with Gasteiger partial charge in [0.25, 0.3) is 0 Å². The van der Waals surface area contributed by atoms with Crippen molar-refractivity contribution in [1.29, 1.82) is 0 Å². The quantitative estimate of drug-likeness (QED) is 0.708. The van der Waals surface area contributed by atoms with Crippen LogP contribution in [0.5, 0.6) is 0 Å². The Morgan fingerprint density at radius 1 is 1.19 bits per heavy atom. The first kappa shape index (κ1) is 18.5. The summed E-state index contributed by atoms with van der Waals surface area (Å²) in [7, 11) is 2.23. The average molecular weight is 311 g/mol. The smallest absolute Gasteiger partial charge is 0.0409 e. The van der Waals surface area contributed by atoms with E-state index >= 15 is 0 Å². The zero-order valence-electron chi connectivity index (χ0n) is 14.2. The lowest BCUT2D eigenvalue weighted by Gasteiger charge is -2.34. The van der Waals surface area contributed by atoms with Crippen molar-refractivity contribution in [2.24, 2.45) is 5.92 Å². The van der Waals surface area contributed by atoms with Crippen molar-refractivity contribution in [3.63, 3.8) is 0 Å². The van der Waals surface area contributed by atoms with Gasteiger partial charge in [0.05, 0.1) is 0 Å². The standard InChI is InChI=1S/C18H31ClN2/c1-6-8-18(13-20-12-14(2)3)21(5)15(4)16-9-7-10-17(19)11-16/h7,9-11,14-15,18,20H,6,8,12-13H2,1-5H3. The fourth-order valence-electron chi connectivity index (χ4n) is 2.64. The minimum atomic E-state index is 0.376. The molecule has 2 nitrogen and oxygen atoms in total. The molecule has 0 bridgehead atoms. The van der Waals surface area contributed by atoms with Crippen LogP contribution >= 0.6 is 11.6 Å². The third kappa shape index (κ3) is 6.37. The van der Waals surface area contributed by atoms with Crippen molar-refractivity contribution in [3.8, 4) is 0 Å². The third-order valence-electron chi connectivity index (χ3n) is 4.07. The second-order valence-corrected chi connectivity index (χ2v) is 6.83. The molecule has 120 valence electrons. The zero-order valence-corrected chi connectivity index (χ0v) is 15.0. The topological polar surface area (TPSA) is 15.3 Å². The molecule has 1 N–H and O–H groups in total. The molecule has 21 heavy (non-hydrogen) atoms. The number of hydrogen-bond acceptors (Lipinski definition) is 2. The molecule has 0 aliphatic rings. The molecule has 0 saturated carbocycles. The van der Waals surface area contributed by atoms with Gasteiger partial charge in [0, 0.05) is 23.7 Å². The molecule has 0 amide bonds. The van der Waals surface area contributed by atoms with Crippen molar-refractivity contribution in [3.05, 3.63) is 34.9 Å². The van der Waals surface area contributed by atoms with Gasteiger partial charge in [-0.05, 0) is 50.6 Å². The van der Waals surface area contributed by atoms with Crippen molar-refractivity contribution >= 4 is 11.6 Å². The van der Waals surface area contributed by atoms with E-state index in [1.165, 1.54) is 18.4 Å². The molecule has 0 spiro atoms. The Balaban J connectivity index is 2.67. The molecule has 0 fully saturated rings. The lowest BCUT2D eigenvalue weighted by atomic mass is 10.0. The number of likely N-dealkylation sites (N-methyl/N-ethyl adjacent to an activating group) is 1. The van der Waals surface area contributed by atoms with Crippen LogP contribution in [0.3, 0.4) is 0 Å². The number of nitrogens with one attached hydrogen (secondary N) is 1. The molecule has 2 unspecified atom stereocenters. The summed E-state index contributed by atoms with van der Waals surface area (Å²) in [6, 6.07) is 9.15. The number of rotatable bonds is 9. The molecule has 0 radical (unpaired) electrons. The van der Waals surface area contributed by atoms with Crippen LogP contribution in [-0.4, -0.2) is 31.1 Å². The van der Waals surface area contributed by atoms with Crippen LogP contribution in [0.2, 0.25) is 5.02 Å². The highest BCUT2D eigenvalue weighted by Gasteiger charge is 2.20. The van der Waals surface area contributed by atoms with E-state index in [1.54, 1.807) is 0 Å². The first-order valence-electron chi connectivity index (χ1n) is 8.13. The predicted molar refractivity (Wildman–Crippen MR) is 94.0 cm³/mol. The summed E-state index contributed by atoms with van der Waals surface area (Å²) in [6.07, 6.45) is 2.42. The highest BCUT2D eigenvalue weighted by Crippen LogP contribution is 2.24. The summed E-state index contributed by atoms with van der Waals surface area (Å²) >= 11 is 6.12. The third-order valence-corrected chi connectivity index (χ3v) is 4.31. The number of benzene rings is 1. The van der Waals surface area contributed by atoms with Gasteiger partial charge in [-0.15, -0.1) is 0 Å². The number of halogens is 1. The van der Waals surface area contributed by atoms with E-state index in [2.05, 4.69) is 57.1 Å². The van der Waals surface area contributed by atoms with Crippen LogP contribution in [0, 0.1) is 5.92 Å². The van der Waals surface area contributed by atoms with E-state index in [4.69, 9.17) is 11.6 Å². The summed E-state index contributed by atoms with van der Waals surface area (Å²) in [4.78, 5) is 2.47. The Labute approximate surface area is 135 Å². The van der Waals surface area contributed by atoms with Crippen LogP contribution in [0.1, 0.15) is 52.1 Å². The summed E-state index contributed by atoms with van der Waals surface area (Å²) in [6.45, 7) is 11.2. The average Bonchev–Trinajstić information content (AvgIpc) is 2.44.